The Morgan fingerprint density at radius 3 is 2.70 bits per heavy atom. The van der Waals surface area contributed by atoms with E-state index in [9.17, 15) is 9.59 Å². The van der Waals surface area contributed by atoms with E-state index in [0.29, 0.717) is 42.1 Å². The van der Waals surface area contributed by atoms with Crippen molar-refractivity contribution in [2.24, 2.45) is 13.0 Å². The standard InChI is InChI=1S/C21H27N3O3/c1-14(2)9-10-22-20(25)16-13-24(11-12-27-4)21(26)19-18(16)15-7-5-6-8-17(15)23(19)3/h5-8,13-14H,9-12H2,1-4H3,(H,22,25). The highest BCUT2D eigenvalue weighted by molar-refractivity contribution is 6.17. The van der Waals surface area contributed by atoms with Crippen LogP contribution < -0.4 is 10.9 Å². The molecule has 0 spiro atoms. The number of amides is 1. The first-order valence-electron chi connectivity index (χ1n) is 9.33. The molecule has 2 heterocycles. The van der Waals surface area contributed by atoms with E-state index in [2.05, 4.69) is 19.2 Å². The van der Waals surface area contributed by atoms with Gasteiger partial charge in [-0.25, -0.2) is 0 Å². The Morgan fingerprint density at radius 1 is 1.26 bits per heavy atom. The second-order valence-electron chi connectivity index (χ2n) is 7.27. The highest BCUT2D eigenvalue weighted by Gasteiger charge is 2.21. The maximum Gasteiger partial charge on any atom is 0.275 e. The van der Waals surface area contributed by atoms with Crippen molar-refractivity contribution in [3.8, 4) is 0 Å². The Balaban J connectivity index is 2.20. The van der Waals surface area contributed by atoms with Gasteiger partial charge in [0.25, 0.3) is 11.5 Å². The van der Waals surface area contributed by atoms with Gasteiger partial charge in [-0.1, -0.05) is 32.0 Å². The van der Waals surface area contributed by atoms with Crippen LogP contribution >= 0.6 is 0 Å². The number of para-hydroxylation sites is 1. The first kappa shape index (κ1) is 19.2. The molecule has 1 N–H and O–H groups in total. The average molecular weight is 369 g/mol. The molecule has 1 amide bonds. The predicted octanol–water partition coefficient (Wildman–Crippen LogP) is 2.92. The van der Waals surface area contributed by atoms with Gasteiger partial charge in [0.05, 0.1) is 12.2 Å². The number of nitrogens with one attached hydrogen (secondary N) is 1. The molecule has 0 radical (unpaired) electrons. The number of aromatic nitrogens is 2. The Hall–Kier alpha value is -2.60. The fraction of sp³-hybridized carbons (Fsp3) is 0.429. The number of carbonyl (C=O) groups excluding carboxylic acids is 1. The summed E-state index contributed by atoms with van der Waals surface area (Å²) in [6, 6.07) is 7.79. The Bertz CT molecular complexity index is 1030. The van der Waals surface area contributed by atoms with E-state index in [1.54, 1.807) is 17.9 Å². The quantitative estimate of drug-likeness (QED) is 0.696. The number of benzene rings is 1. The lowest BCUT2D eigenvalue weighted by molar-refractivity contribution is 0.0952. The van der Waals surface area contributed by atoms with Crippen LogP contribution in [-0.2, 0) is 18.3 Å². The molecule has 0 unspecified atom stereocenters. The maximum absolute atomic E-state index is 13.1. The molecule has 0 atom stereocenters. The predicted molar refractivity (Wildman–Crippen MR) is 108 cm³/mol. The minimum atomic E-state index is -0.150. The average Bonchev–Trinajstić information content (AvgIpc) is 2.94. The van der Waals surface area contributed by atoms with Crippen molar-refractivity contribution in [3.63, 3.8) is 0 Å². The SMILES string of the molecule is COCCn1cc(C(=O)NCCC(C)C)c2c3ccccc3n(C)c2c1=O. The van der Waals surface area contributed by atoms with Gasteiger partial charge in [-0.05, 0) is 18.4 Å². The Morgan fingerprint density at radius 2 is 2.00 bits per heavy atom. The largest absolute Gasteiger partial charge is 0.383 e. The number of carbonyl (C=O) groups is 1. The van der Waals surface area contributed by atoms with Crippen LogP contribution in [0.2, 0.25) is 0 Å². The molecule has 144 valence electrons. The molecule has 1 aromatic carbocycles. The molecule has 0 fully saturated rings. The second kappa shape index (κ2) is 7.96. The second-order valence-corrected chi connectivity index (χ2v) is 7.27. The van der Waals surface area contributed by atoms with E-state index in [1.165, 1.54) is 0 Å². The molecule has 6 heteroatoms. The highest BCUT2D eigenvalue weighted by atomic mass is 16.5. The number of hydrogen-bond acceptors (Lipinski definition) is 3. The van der Waals surface area contributed by atoms with Crippen LogP contribution in [0.15, 0.2) is 35.3 Å². The van der Waals surface area contributed by atoms with Gasteiger partial charge < -0.3 is 19.2 Å². The lowest BCUT2D eigenvalue weighted by Crippen LogP contribution is -2.29. The fourth-order valence-corrected chi connectivity index (χ4v) is 3.43. The lowest BCUT2D eigenvalue weighted by atomic mass is 10.1. The van der Waals surface area contributed by atoms with Crippen molar-refractivity contribution in [2.75, 3.05) is 20.3 Å². The number of fused-ring (bicyclic) bond motifs is 3. The summed E-state index contributed by atoms with van der Waals surface area (Å²) in [6.45, 7) is 5.67. The van der Waals surface area contributed by atoms with E-state index in [-0.39, 0.29) is 11.5 Å². The van der Waals surface area contributed by atoms with Crippen LogP contribution in [0.5, 0.6) is 0 Å². The maximum atomic E-state index is 13.1. The molecule has 3 rings (SSSR count). The van der Waals surface area contributed by atoms with E-state index in [1.807, 2.05) is 35.9 Å². The summed E-state index contributed by atoms with van der Waals surface area (Å²) in [5.74, 6) is 0.363. The topological polar surface area (TPSA) is 65.3 Å². The van der Waals surface area contributed by atoms with Gasteiger partial charge in [0.15, 0.2) is 0 Å². The summed E-state index contributed by atoms with van der Waals surface area (Å²) < 4.78 is 8.57. The van der Waals surface area contributed by atoms with Crippen LogP contribution in [0.4, 0.5) is 0 Å². The molecule has 0 bridgehead atoms. The summed E-state index contributed by atoms with van der Waals surface area (Å²) >= 11 is 0. The summed E-state index contributed by atoms with van der Waals surface area (Å²) in [4.78, 5) is 26.0. The first-order valence-corrected chi connectivity index (χ1v) is 9.33. The van der Waals surface area contributed by atoms with Gasteiger partial charge >= 0.3 is 0 Å². The smallest absolute Gasteiger partial charge is 0.275 e. The van der Waals surface area contributed by atoms with Gasteiger partial charge in [-0.2, -0.15) is 0 Å². The van der Waals surface area contributed by atoms with E-state index in [0.717, 1.165) is 17.3 Å². The van der Waals surface area contributed by atoms with Gasteiger partial charge in [0.1, 0.15) is 5.52 Å². The number of aryl methyl sites for hydroxylation is 1. The lowest BCUT2D eigenvalue weighted by Gasteiger charge is -2.12. The molecular formula is C21H27N3O3. The van der Waals surface area contributed by atoms with E-state index in [4.69, 9.17) is 4.74 Å². The number of pyridine rings is 1. The van der Waals surface area contributed by atoms with Crippen molar-refractivity contribution in [1.82, 2.24) is 14.5 Å². The zero-order chi connectivity index (χ0) is 19.6. The zero-order valence-corrected chi connectivity index (χ0v) is 16.4. The van der Waals surface area contributed by atoms with Crippen molar-refractivity contribution < 1.29 is 9.53 Å². The van der Waals surface area contributed by atoms with Gasteiger partial charge in [0, 0.05) is 49.7 Å². The fourth-order valence-electron chi connectivity index (χ4n) is 3.43. The van der Waals surface area contributed by atoms with Crippen LogP contribution in [0.1, 0.15) is 30.6 Å². The third-order valence-electron chi connectivity index (χ3n) is 4.91. The molecule has 27 heavy (non-hydrogen) atoms. The normalized spacial score (nSPS) is 11.6. The minimum absolute atomic E-state index is 0.112. The number of nitrogens with zero attached hydrogens (tertiary/aromatic N) is 2. The summed E-state index contributed by atoms with van der Waals surface area (Å²) in [7, 11) is 3.47. The third kappa shape index (κ3) is 3.62. The zero-order valence-electron chi connectivity index (χ0n) is 16.4. The monoisotopic (exact) mass is 369 g/mol. The molecule has 6 nitrogen and oxygen atoms in total. The van der Waals surface area contributed by atoms with Crippen LogP contribution in [0.3, 0.4) is 0 Å². The Labute approximate surface area is 158 Å². The molecule has 0 aliphatic heterocycles. The molecular weight excluding hydrogens is 342 g/mol. The highest BCUT2D eigenvalue weighted by Crippen LogP contribution is 2.28. The molecule has 2 aromatic heterocycles. The van der Waals surface area contributed by atoms with Gasteiger partial charge in [-0.15, -0.1) is 0 Å². The molecule has 0 aliphatic rings. The summed E-state index contributed by atoms with van der Waals surface area (Å²) in [6.07, 6.45) is 2.58. The van der Waals surface area contributed by atoms with E-state index >= 15 is 0 Å². The molecule has 0 aliphatic carbocycles. The van der Waals surface area contributed by atoms with Crippen molar-refractivity contribution >= 4 is 27.7 Å². The van der Waals surface area contributed by atoms with Crippen molar-refractivity contribution in [3.05, 3.63) is 46.4 Å². The van der Waals surface area contributed by atoms with Crippen LogP contribution in [-0.4, -0.2) is 35.3 Å². The summed E-state index contributed by atoms with van der Waals surface area (Å²) in [5.41, 5.74) is 1.90. The minimum Gasteiger partial charge on any atom is -0.383 e. The summed E-state index contributed by atoms with van der Waals surface area (Å²) in [5, 5.41) is 4.64. The molecule has 0 saturated carbocycles. The molecule has 3 aromatic rings. The number of rotatable bonds is 7. The van der Waals surface area contributed by atoms with Crippen molar-refractivity contribution in [1.29, 1.82) is 0 Å². The van der Waals surface area contributed by atoms with Crippen molar-refractivity contribution in [2.45, 2.75) is 26.8 Å². The van der Waals surface area contributed by atoms with Crippen LogP contribution in [0.25, 0.3) is 21.8 Å². The van der Waals surface area contributed by atoms with Gasteiger partial charge in [-0.3, -0.25) is 9.59 Å². The number of ether oxygens (including phenoxy) is 1. The first-order chi connectivity index (χ1) is 13.0. The molecule has 0 saturated heterocycles. The van der Waals surface area contributed by atoms with E-state index < -0.39 is 0 Å². The Kier molecular flexibility index (Phi) is 5.65. The third-order valence-corrected chi connectivity index (χ3v) is 4.91. The van der Waals surface area contributed by atoms with Crippen LogP contribution in [0, 0.1) is 5.92 Å². The number of methoxy groups -OCH3 is 1. The van der Waals surface area contributed by atoms with Gasteiger partial charge in [0.2, 0.25) is 0 Å². The number of hydrogen-bond donors (Lipinski definition) is 1.